The van der Waals surface area contributed by atoms with Crippen molar-refractivity contribution >= 4 is 22.5 Å². The third kappa shape index (κ3) is 2.75. The maximum atomic E-state index is 2.32. The second-order valence-electron chi connectivity index (χ2n) is 3.78. The Morgan fingerprint density at radius 1 is 1.00 bits per heavy atom. The molecule has 1 heteroatoms. The van der Waals surface area contributed by atoms with Gasteiger partial charge in [-0.15, -0.1) is 0 Å². The molecule has 0 fully saturated rings. The van der Waals surface area contributed by atoms with E-state index in [0.29, 0.717) is 0 Å². The van der Waals surface area contributed by atoms with E-state index in [1.165, 1.54) is 34.9 Å². The quantitative estimate of drug-likeness (QED) is 0.692. The summed E-state index contributed by atoms with van der Waals surface area (Å²) in [5.41, 5.74) is 1.46. The van der Waals surface area contributed by atoms with Crippen LogP contribution in [0.15, 0.2) is 42.5 Å². The van der Waals surface area contributed by atoms with Crippen LogP contribution in [-0.4, -0.2) is 12.0 Å². The zero-order valence-corrected chi connectivity index (χ0v) is 9.89. The van der Waals surface area contributed by atoms with Crippen LogP contribution < -0.4 is 0 Å². The third-order valence-corrected chi connectivity index (χ3v) is 3.32. The second-order valence-corrected chi connectivity index (χ2v) is 4.76. The minimum Gasteiger partial charge on any atom is -0.165 e. The van der Waals surface area contributed by atoms with Gasteiger partial charge in [0.25, 0.3) is 0 Å². The summed E-state index contributed by atoms with van der Waals surface area (Å²) in [5, 5.41) is 2.70. The summed E-state index contributed by atoms with van der Waals surface area (Å²) >= 11 is 1.92. The topological polar surface area (TPSA) is 0 Å². The predicted octanol–water partition coefficient (Wildman–Crippen LogP) is 4.14. The van der Waals surface area contributed by atoms with Crippen LogP contribution >= 0.6 is 11.8 Å². The van der Waals surface area contributed by atoms with Gasteiger partial charge in [0.05, 0.1) is 0 Å². The fourth-order valence-corrected chi connectivity index (χ4v) is 2.25. The first kappa shape index (κ1) is 10.6. The number of rotatable bonds is 4. The van der Waals surface area contributed by atoms with E-state index in [1.807, 2.05) is 11.8 Å². The molecule has 0 aliphatic carbocycles. The summed E-state index contributed by atoms with van der Waals surface area (Å²) in [6.45, 7) is 0. The molecule has 2 aromatic rings. The molecule has 0 saturated carbocycles. The van der Waals surface area contributed by atoms with E-state index in [9.17, 15) is 0 Å². The van der Waals surface area contributed by atoms with Crippen LogP contribution in [0.4, 0.5) is 0 Å². The molecular formula is C14H16S. The number of aryl methyl sites for hydroxylation is 1. The Hall–Kier alpha value is -0.950. The van der Waals surface area contributed by atoms with E-state index in [0.717, 1.165) is 0 Å². The Morgan fingerprint density at radius 3 is 2.60 bits per heavy atom. The number of thioether (sulfide) groups is 1. The molecule has 0 N–H and O–H groups in total. The Kier molecular flexibility index (Phi) is 3.68. The molecule has 0 amide bonds. The van der Waals surface area contributed by atoms with Gasteiger partial charge in [0.15, 0.2) is 0 Å². The molecule has 2 aromatic carbocycles. The van der Waals surface area contributed by atoms with Crippen LogP contribution in [0.2, 0.25) is 0 Å². The van der Waals surface area contributed by atoms with Crippen molar-refractivity contribution in [3.8, 4) is 0 Å². The lowest BCUT2D eigenvalue weighted by Gasteiger charge is -2.03. The summed E-state index contributed by atoms with van der Waals surface area (Å²) < 4.78 is 0. The molecule has 0 spiro atoms. The molecule has 0 saturated heterocycles. The van der Waals surface area contributed by atoms with Crippen molar-refractivity contribution in [2.75, 3.05) is 12.0 Å². The van der Waals surface area contributed by atoms with Crippen molar-refractivity contribution in [3.05, 3.63) is 48.0 Å². The van der Waals surface area contributed by atoms with Crippen molar-refractivity contribution in [1.29, 1.82) is 0 Å². The smallest absolute Gasteiger partial charge is 0.00671 e. The van der Waals surface area contributed by atoms with Gasteiger partial charge in [0, 0.05) is 0 Å². The zero-order valence-electron chi connectivity index (χ0n) is 9.07. The van der Waals surface area contributed by atoms with E-state index < -0.39 is 0 Å². The minimum absolute atomic E-state index is 1.20. The van der Waals surface area contributed by atoms with Gasteiger partial charge in [0.1, 0.15) is 0 Å². The van der Waals surface area contributed by atoms with Crippen LogP contribution in [0.1, 0.15) is 12.0 Å². The van der Waals surface area contributed by atoms with Crippen LogP contribution in [0.25, 0.3) is 10.8 Å². The highest BCUT2D eigenvalue weighted by Crippen LogP contribution is 2.16. The lowest BCUT2D eigenvalue weighted by Crippen LogP contribution is -1.87. The lowest BCUT2D eigenvalue weighted by molar-refractivity contribution is 0.936. The van der Waals surface area contributed by atoms with Gasteiger partial charge in [-0.3, -0.25) is 0 Å². The Balaban J connectivity index is 2.16. The van der Waals surface area contributed by atoms with Gasteiger partial charge < -0.3 is 0 Å². The van der Waals surface area contributed by atoms with Crippen LogP contribution in [0.5, 0.6) is 0 Å². The molecule has 0 nitrogen and oxygen atoms in total. The Morgan fingerprint density at radius 2 is 1.80 bits per heavy atom. The van der Waals surface area contributed by atoms with Crippen molar-refractivity contribution in [1.82, 2.24) is 0 Å². The van der Waals surface area contributed by atoms with E-state index in [4.69, 9.17) is 0 Å². The van der Waals surface area contributed by atoms with Gasteiger partial charge in [-0.2, -0.15) is 11.8 Å². The van der Waals surface area contributed by atoms with Crippen LogP contribution in [0, 0.1) is 0 Å². The Bertz CT molecular complexity index is 434. The van der Waals surface area contributed by atoms with Crippen molar-refractivity contribution in [2.24, 2.45) is 0 Å². The second kappa shape index (κ2) is 5.22. The van der Waals surface area contributed by atoms with Crippen molar-refractivity contribution < 1.29 is 0 Å². The molecule has 0 atom stereocenters. The number of hydrogen-bond donors (Lipinski definition) is 0. The number of fused-ring (bicyclic) bond motifs is 1. The standard InChI is InChI=1S/C14H16S/c1-15-10-4-5-12-8-9-13-6-2-3-7-14(13)11-12/h2-3,6-9,11H,4-5,10H2,1H3. The van der Waals surface area contributed by atoms with E-state index in [2.05, 4.69) is 48.7 Å². The average Bonchev–Trinajstić information content (AvgIpc) is 2.29. The van der Waals surface area contributed by atoms with Gasteiger partial charge in [-0.1, -0.05) is 42.5 Å². The van der Waals surface area contributed by atoms with E-state index in [1.54, 1.807) is 0 Å². The van der Waals surface area contributed by atoms with Gasteiger partial charge in [0.2, 0.25) is 0 Å². The van der Waals surface area contributed by atoms with Crippen molar-refractivity contribution in [2.45, 2.75) is 12.8 Å². The van der Waals surface area contributed by atoms with Gasteiger partial charge in [-0.25, -0.2) is 0 Å². The summed E-state index contributed by atoms with van der Waals surface area (Å²) in [6, 6.07) is 15.3. The summed E-state index contributed by atoms with van der Waals surface area (Å²) in [7, 11) is 0. The van der Waals surface area contributed by atoms with Crippen LogP contribution in [0.3, 0.4) is 0 Å². The van der Waals surface area contributed by atoms with E-state index >= 15 is 0 Å². The average molecular weight is 216 g/mol. The van der Waals surface area contributed by atoms with Crippen LogP contribution in [-0.2, 0) is 6.42 Å². The summed E-state index contributed by atoms with van der Waals surface area (Å²) in [4.78, 5) is 0. The third-order valence-electron chi connectivity index (χ3n) is 2.63. The first-order chi connectivity index (χ1) is 7.40. The molecule has 0 bridgehead atoms. The van der Waals surface area contributed by atoms with Gasteiger partial charge in [-0.05, 0) is 41.2 Å². The Labute approximate surface area is 95.7 Å². The SMILES string of the molecule is CSCCCc1ccc2ccccc2c1. The normalized spacial score (nSPS) is 10.7. The molecule has 2 rings (SSSR count). The van der Waals surface area contributed by atoms with Crippen molar-refractivity contribution in [3.63, 3.8) is 0 Å². The fraction of sp³-hybridized carbons (Fsp3) is 0.286. The molecular weight excluding hydrogens is 200 g/mol. The molecule has 0 heterocycles. The first-order valence-corrected chi connectivity index (χ1v) is 6.76. The number of benzene rings is 2. The molecule has 15 heavy (non-hydrogen) atoms. The molecule has 0 aliphatic heterocycles. The lowest BCUT2D eigenvalue weighted by atomic mass is 10.0. The number of hydrogen-bond acceptors (Lipinski definition) is 1. The summed E-state index contributed by atoms with van der Waals surface area (Å²) in [6.07, 6.45) is 4.64. The first-order valence-electron chi connectivity index (χ1n) is 5.37. The predicted molar refractivity (Wildman–Crippen MR) is 70.7 cm³/mol. The van der Waals surface area contributed by atoms with Gasteiger partial charge >= 0.3 is 0 Å². The fourth-order valence-electron chi connectivity index (χ4n) is 1.81. The molecule has 0 aromatic heterocycles. The monoisotopic (exact) mass is 216 g/mol. The minimum atomic E-state index is 1.20. The molecule has 78 valence electrons. The molecule has 0 radical (unpaired) electrons. The summed E-state index contributed by atoms with van der Waals surface area (Å²) in [5.74, 6) is 1.26. The highest BCUT2D eigenvalue weighted by Gasteiger charge is 1.95. The molecule has 0 unspecified atom stereocenters. The van der Waals surface area contributed by atoms with E-state index in [-0.39, 0.29) is 0 Å². The maximum Gasteiger partial charge on any atom is -0.00671 e. The maximum absolute atomic E-state index is 2.32. The zero-order chi connectivity index (χ0) is 10.5. The highest BCUT2D eigenvalue weighted by atomic mass is 32.2. The highest BCUT2D eigenvalue weighted by molar-refractivity contribution is 7.98. The largest absolute Gasteiger partial charge is 0.165 e. The molecule has 0 aliphatic rings.